The molecule has 110 valence electrons. The molecule has 0 saturated carbocycles. The molecule has 3 N–H and O–H groups in total. The second-order valence-corrected chi connectivity index (χ2v) is 4.59. The molecule has 0 aliphatic rings. The van der Waals surface area contributed by atoms with E-state index in [1.54, 1.807) is 24.3 Å². The Labute approximate surface area is 122 Å². The van der Waals surface area contributed by atoms with Gasteiger partial charge in [0.05, 0.1) is 19.2 Å². The van der Waals surface area contributed by atoms with Crippen molar-refractivity contribution in [2.24, 2.45) is 5.73 Å². The molecule has 0 saturated heterocycles. The number of benzene rings is 2. The van der Waals surface area contributed by atoms with Crippen LogP contribution in [0.4, 0.5) is 10.1 Å². The van der Waals surface area contributed by atoms with E-state index >= 15 is 0 Å². The summed E-state index contributed by atoms with van der Waals surface area (Å²) in [5.41, 5.74) is 7.66. The van der Waals surface area contributed by atoms with Gasteiger partial charge in [0.25, 0.3) is 0 Å². The van der Waals surface area contributed by atoms with Gasteiger partial charge in [0.15, 0.2) is 0 Å². The van der Waals surface area contributed by atoms with Gasteiger partial charge in [-0.1, -0.05) is 18.2 Å². The van der Waals surface area contributed by atoms with Gasteiger partial charge in [0.2, 0.25) is 5.91 Å². The van der Waals surface area contributed by atoms with Gasteiger partial charge in [-0.25, -0.2) is 4.39 Å². The number of nitrogens with two attached hydrogens (primary N) is 1. The molecule has 0 fully saturated rings. The fraction of sp³-hybridized carbons (Fsp3) is 0.188. The minimum atomic E-state index is -0.356. The smallest absolute Gasteiger partial charge is 0.228 e. The van der Waals surface area contributed by atoms with E-state index in [0.717, 1.165) is 5.56 Å². The lowest BCUT2D eigenvalue weighted by Gasteiger charge is -2.11. The lowest BCUT2D eigenvalue weighted by Crippen LogP contribution is -2.15. The summed E-state index contributed by atoms with van der Waals surface area (Å²) in [7, 11) is 1.53. The van der Waals surface area contributed by atoms with E-state index < -0.39 is 0 Å². The summed E-state index contributed by atoms with van der Waals surface area (Å²) in [6, 6.07) is 11.3. The molecule has 1 amide bonds. The second-order valence-electron chi connectivity index (χ2n) is 4.59. The van der Waals surface area contributed by atoms with E-state index in [0.29, 0.717) is 23.5 Å². The van der Waals surface area contributed by atoms with Crippen LogP contribution < -0.4 is 15.8 Å². The third-order valence-electron chi connectivity index (χ3n) is 3.03. The molecule has 2 rings (SSSR count). The summed E-state index contributed by atoms with van der Waals surface area (Å²) in [5.74, 6) is -0.0462. The summed E-state index contributed by atoms with van der Waals surface area (Å²) >= 11 is 0. The topological polar surface area (TPSA) is 64.3 Å². The number of rotatable bonds is 5. The maximum atomic E-state index is 13.1. The molecule has 0 unspecified atom stereocenters. The highest BCUT2D eigenvalue weighted by Crippen LogP contribution is 2.25. The predicted octanol–water partition coefficient (Wildman–Crippen LogP) is 2.47. The van der Waals surface area contributed by atoms with Crippen molar-refractivity contribution < 1.29 is 13.9 Å². The average Bonchev–Trinajstić information content (AvgIpc) is 2.47. The van der Waals surface area contributed by atoms with Gasteiger partial charge in [-0.05, 0) is 35.4 Å². The van der Waals surface area contributed by atoms with Gasteiger partial charge in [0.1, 0.15) is 11.6 Å². The molecule has 2 aromatic rings. The third-order valence-corrected chi connectivity index (χ3v) is 3.03. The highest BCUT2D eigenvalue weighted by molar-refractivity contribution is 5.93. The van der Waals surface area contributed by atoms with Crippen molar-refractivity contribution in [3.05, 3.63) is 59.4 Å². The van der Waals surface area contributed by atoms with Crippen LogP contribution in [0.2, 0.25) is 0 Å². The maximum absolute atomic E-state index is 13.1. The summed E-state index contributed by atoms with van der Waals surface area (Å²) in [6.45, 7) is 0.397. The first-order chi connectivity index (χ1) is 10.1. The Morgan fingerprint density at radius 1 is 1.24 bits per heavy atom. The zero-order chi connectivity index (χ0) is 15.2. The van der Waals surface area contributed by atoms with Gasteiger partial charge in [0, 0.05) is 6.54 Å². The minimum absolute atomic E-state index is 0.0968. The number of carbonyl (C=O) groups is 1. The minimum Gasteiger partial charge on any atom is -0.495 e. The number of methoxy groups -OCH3 is 1. The van der Waals surface area contributed by atoms with Crippen LogP contribution in [0.3, 0.4) is 0 Å². The quantitative estimate of drug-likeness (QED) is 0.888. The van der Waals surface area contributed by atoms with Crippen LogP contribution >= 0.6 is 0 Å². The molecule has 0 radical (unpaired) electrons. The largest absolute Gasteiger partial charge is 0.495 e. The van der Waals surface area contributed by atoms with Crippen molar-refractivity contribution in [3.63, 3.8) is 0 Å². The number of halogens is 1. The number of carbonyl (C=O) groups excluding carboxylic acids is 1. The van der Waals surface area contributed by atoms with Gasteiger partial charge >= 0.3 is 0 Å². The van der Waals surface area contributed by atoms with Crippen molar-refractivity contribution >= 4 is 11.6 Å². The van der Waals surface area contributed by atoms with E-state index in [9.17, 15) is 9.18 Å². The number of ether oxygens (including phenoxy) is 1. The fourth-order valence-corrected chi connectivity index (χ4v) is 1.99. The van der Waals surface area contributed by atoms with E-state index in [2.05, 4.69) is 5.32 Å². The first-order valence-electron chi connectivity index (χ1n) is 6.53. The number of anilines is 1. The molecule has 0 aliphatic carbocycles. The van der Waals surface area contributed by atoms with E-state index in [-0.39, 0.29) is 18.1 Å². The van der Waals surface area contributed by atoms with Crippen molar-refractivity contribution in [2.45, 2.75) is 13.0 Å². The van der Waals surface area contributed by atoms with Gasteiger partial charge in [-0.3, -0.25) is 4.79 Å². The molecule has 2 aromatic carbocycles. The van der Waals surface area contributed by atoms with E-state index in [4.69, 9.17) is 10.5 Å². The summed E-state index contributed by atoms with van der Waals surface area (Å²) < 4.78 is 18.3. The Balaban J connectivity index is 2.09. The monoisotopic (exact) mass is 288 g/mol. The second kappa shape index (κ2) is 6.85. The zero-order valence-corrected chi connectivity index (χ0v) is 11.7. The standard InChI is InChI=1S/C16H17FN2O2/c1-21-15-8-12(10-18)5-6-14(15)19-16(20)9-11-3-2-4-13(17)7-11/h2-8H,9-10,18H2,1H3,(H,19,20). The van der Waals surface area contributed by atoms with Crippen LogP contribution in [0, 0.1) is 5.82 Å². The Bertz CT molecular complexity index is 644. The van der Waals surface area contributed by atoms with Crippen LogP contribution in [0.15, 0.2) is 42.5 Å². The molecule has 0 spiro atoms. The van der Waals surface area contributed by atoms with E-state index in [1.165, 1.54) is 19.2 Å². The highest BCUT2D eigenvalue weighted by atomic mass is 19.1. The van der Waals surface area contributed by atoms with Gasteiger partial charge < -0.3 is 15.8 Å². The van der Waals surface area contributed by atoms with Gasteiger partial charge in [-0.15, -0.1) is 0 Å². The molecule has 21 heavy (non-hydrogen) atoms. The molecule has 0 heterocycles. The third kappa shape index (κ3) is 4.03. The number of hydrogen-bond donors (Lipinski definition) is 2. The van der Waals surface area contributed by atoms with Crippen LogP contribution in [0.5, 0.6) is 5.75 Å². The van der Waals surface area contributed by atoms with Crippen LogP contribution in [-0.2, 0) is 17.8 Å². The molecule has 0 aliphatic heterocycles. The SMILES string of the molecule is COc1cc(CN)ccc1NC(=O)Cc1cccc(F)c1. The molecular weight excluding hydrogens is 271 g/mol. The summed E-state index contributed by atoms with van der Waals surface area (Å²) in [6.07, 6.45) is 0.0968. The number of nitrogens with one attached hydrogen (secondary N) is 1. The number of hydrogen-bond acceptors (Lipinski definition) is 3. The molecule has 5 heteroatoms. The molecule has 0 atom stereocenters. The predicted molar refractivity (Wildman–Crippen MR) is 79.6 cm³/mol. The summed E-state index contributed by atoms with van der Waals surface area (Å²) in [4.78, 5) is 12.0. The molecule has 0 bridgehead atoms. The molecular formula is C16H17FN2O2. The normalized spacial score (nSPS) is 10.2. The zero-order valence-electron chi connectivity index (χ0n) is 11.7. The lowest BCUT2D eigenvalue weighted by molar-refractivity contribution is -0.115. The fourth-order valence-electron chi connectivity index (χ4n) is 1.99. The Hall–Kier alpha value is -2.40. The van der Waals surface area contributed by atoms with Crippen molar-refractivity contribution in [1.29, 1.82) is 0 Å². The van der Waals surface area contributed by atoms with Gasteiger partial charge in [-0.2, -0.15) is 0 Å². The van der Waals surface area contributed by atoms with E-state index in [1.807, 2.05) is 6.07 Å². The molecule has 0 aromatic heterocycles. The molecule has 4 nitrogen and oxygen atoms in total. The van der Waals surface area contributed by atoms with Crippen LogP contribution in [0.25, 0.3) is 0 Å². The van der Waals surface area contributed by atoms with Crippen molar-refractivity contribution in [1.82, 2.24) is 0 Å². The average molecular weight is 288 g/mol. The van der Waals surface area contributed by atoms with Crippen molar-refractivity contribution in [3.8, 4) is 5.75 Å². The van der Waals surface area contributed by atoms with Crippen LogP contribution in [0.1, 0.15) is 11.1 Å². The highest BCUT2D eigenvalue weighted by Gasteiger charge is 2.09. The Morgan fingerprint density at radius 3 is 2.71 bits per heavy atom. The van der Waals surface area contributed by atoms with Crippen molar-refractivity contribution in [2.75, 3.05) is 12.4 Å². The lowest BCUT2D eigenvalue weighted by atomic mass is 10.1. The van der Waals surface area contributed by atoms with Crippen LogP contribution in [-0.4, -0.2) is 13.0 Å². The Morgan fingerprint density at radius 2 is 2.05 bits per heavy atom. The summed E-state index contributed by atoms with van der Waals surface area (Å²) in [5, 5.41) is 2.75. The maximum Gasteiger partial charge on any atom is 0.228 e. The Kier molecular flexibility index (Phi) is 4.90. The first-order valence-corrected chi connectivity index (χ1v) is 6.53. The number of amides is 1. The first kappa shape index (κ1) is 15.0.